The van der Waals surface area contributed by atoms with Crippen LogP contribution in [0.2, 0.25) is 0 Å². The molecule has 8 heteroatoms. The van der Waals surface area contributed by atoms with Crippen LogP contribution in [-0.2, 0) is 6.54 Å². The third-order valence-electron chi connectivity index (χ3n) is 5.71. The van der Waals surface area contributed by atoms with E-state index in [1.807, 2.05) is 19.1 Å². The molecular formula is C26H25F2N3O3. The molecule has 4 rings (SSSR count). The van der Waals surface area contributed by atoms with Gasteiger partial charge in [-0.25, -0.2) is 13.6 Å². The number of ether oxygens (including phenoxy) is 1. The Kier molecular flexibility index (Phi) is 6.77. The van der Waals surface area contributed by atoms with Gasteiger partial charge in [0.1, 0.15) is 5.75 Å². The third-order valence-corrected chi connectivity index (χ3v) is 5.71. The van der Waals surface area contributed by atoms with Crippen LogP contribution in [0.1, 0.15) is 27.9 Å². The van der Waals surface area contributed by atoms with Gasteiger partial charge in [0.15, 0.2) is 11.6 Å². The average Bonchev–Trinajstić information content (AvgIpc) is 2.83. The molecule has 3 amide bonds. The fraction of sp³-hybridized carbons (Fsp3) is 0.231. The first-order valence-electron chi connectivity index (χ1n) is 10.9. The summed E-state index contributed by atoms with van der Waals surface area (Å²) in [5, 5.41) is 2.92. The molecule has 1 N–H and O–H groups in total. The molecule has 0 saturated carbocycles. The molecular weight excluding hydrogens is 440 g/mol. The Bertz CT molecular complexity index is 1210. The highest BCUT2D eigenvalue weighted by molar-refractivity contribution is 6.07. The zero-order valence-corrected chi connectivity index (χ0v) is 19.0. The molecule has 6 nitrogen and oxygen atoms in total. The van der Waals surface area contributed by atoms with Crippen LogP contribution in [-0.4, -0.2) is 37.0 Å². The highest BCUT2D eigenvalue weighted by Gasteiger charge is 2.29. The van der Waals surface area contributed by atoms with Crippen molar-refractivity contribution < 1.29 is 23.1 Å². The number of anilines is 2. The number of aryl methyl sites for hydroxylation is 1. The minimum Gasteiger partial charge on any atom is -0.497 e. The number of carbonyl (C=O) groups excluding carboxylic acids is 2. The predicted molar refractivity (Wildman–Crippen MR) is 126 cm³/mol. The molecule has 3 aromatic rings. The fourth-order valence-corrected chi connectivity index (χ4v) is 3.93. The molecule has 1 saturated heterocycles. The van der Waals surface area contributed by atoms with Gasteiger partial charge in [0.05, 0.1) is 18.5 Å². The van der Waals surface area contributed by atoms with Crippen molar-refractivity contribution in [2.24, 2.45) is 0 Å². The van der Waals surface area contributed by atoms with Crippen LogP contribution >= 0.6 is 0 Å². The lowest BCUT2D eigenvalue weighted by Crippen LogP contribution is -2.49. The first-order chi connectivity index (χ1) is 16.4. The summed E-state index contributed by atoms with van der Waals surface area (Å²) >= 11 is 0. The van der Waals surface area contributed by atoms with E-state index < -0.39 is 11.6 Å². The lowest BCUT2D eigenvalue weighted by molar-refractivity contribution is 0.102. The number of hydrogen-bond donors (Lipinski definition) is 1. The minimum absolute atomic E-state index is 0.159. The number of halogens is 2. The second-order valence-electron chi connectivity index (χ2n) is 8.16. The van der Waals surface area contributed by atoms with E-state index in [0.717, 1.165) is 17.7 Å². The topological polar surface area (TPSA) is 61.9 Å². The van der Waals surface area contributed by atoms with Gasteiger partial charge in [-0.15, -0.1) is 0 Å². The number of rotatable bonds is 6. The van der Waals surface area contributed by atoms with Crippen molar-refractivity contribution in [2.75, 3.05) is 30.4 Å². The molecule has 176 valence electrons. The van der Waals surface area contributed by atoms with Crippen LogP contribution in [0.5, 0.6) is 5.75 Å². The van der Waals surface area contributed by atoms with Gasteiger partial charge in [-0.3, -0.25) is 9.69 Å². The maximum absolute atomic E-state index is 13.6. The fourth-order valence-electron chi connectivity index (χ4n) is 3.93. The molecule has 0 unspecified atom stereocenters. The Balaban J connectivity index is 1.56. The number of nitrogens with one attached hydrogen (secondary N) is 1. The van der Waals surface area contributed by atoms with Gasteiger partial charge in [0.25, 0.3) is 5.91 Å². The van der Waals surface area contributed by atoms with Crippen molar-refractivity contribution in [3.63, 3.8) is 0 Å². The lowest BCUT2D eigenvalue weighted by Gasteiger charge is -2.36. The average molecular weight is 466 g/mol. The smallest absolute Gasteiger partial charge is 0.324 e. The highest BCUT2D eigenvalue weighted by Crippen LogP contribution is 2.31. The largest absolute Gasteiger partial charge is 0.497 e. The van der Waals surface area contributed by atoms with Gasteiger partial charge >= 0.3 is 6.03 Å². The van der Waals surface area contributed by atoms with E-state index in [4.69, 9.17) is 4.74 Å². The van der Waals surface area contributed by atoms with E-state index in [0.29, 0.717) is 47.8 Å². The van der Waals surface area contributed by atoms with Crippen molar-refractivity contribution in [2.45, 2.75) is 19.9 Å². The molecule has 0 radical (unpaired) electrons. The van der Waals surface area contributed by atoms with Crippen LogP contribution in [0.15, 0.2) is 60.7 Å². The first-order valence-corrected chi connectivity index (χ1v) is 10.9. The summed E-state index contributed by atoms with van der Waals surface area (Å²) in [6, 6.07) is 15.6. The maximum Gasteiger partial charge on any atom is 0.324 e. The van der Waals surface area contributed by atoms with E-state index in [1.165, 1.54) is 6.07 Å². The third kappa shape index (κ3) is 5.01. The van der Waals surface area contributed by atoms with Gasteiger partial charge in [-0.05, 0) is 73.0 Å². The predicted octanol–water partition coefficient (Wildman–Crippen LogP) is 5.37. The second kappa shape index (κ2) is 9.91. The van der Waals surface area contributed by atoms with Crippen molar-refractivity contribution in [3.05, 3.63) is 89.0 Å². The molecule has 0 spiro atoms. The van der Waals surface area contributed by atoms with Gasteiger partial charge in [-0.2, -0.15) is 0 Å². The number of hydrogen-bond acceptors (Lipinski definition) is 3. The molecule has 0 bridgehead atoms. The molecule has 1 aliphatic heterocycles. The number of carbonyl (C=O) groups is 2. The van der Waals surface area contributed by atoms with Gasteiger partial charge in [0.2, 0.25) is 0 Å². The van der Waals surface area contributed by atoms with Crippen LogP contribution in [0.25, 0.3) is 0 Å². The highest BCUT2D eigenvalue weighted by atomic mass is 19.2. The number of benzene rings is 3. The van der Waals surface area contributed by atoms with Gasteiger partial charge in [0, 0.05) is 25.2 Å². The van der Waals surface area contributed by atoms with E-state index in [1.54, 1.807) is 47.2 Å². The van der Waals surface area contributed by atoms with Gasteiger partial charge in [-0.1, -0.05) is 12.1 Å². The minimum atomic E-state index is -0.944. The van der Waals surface area contributed by atoms with Crippen molar-refractivity contribution in [3.8, 4) is 5.75 Å². The Hall–Kier alpha value is -3.94. The lowest BCUT2D eigenvalue weighted by atomic mass is 10.1. The van der Waals surface area contributed by atoms with E-state index in [2.05, 4.69) is 5.32 Å². The summed E-state index contributed by atoms with van der Waals surface area (Å²) in [5.74, 6) is -1.53. The number of methoxy groups -OCH3 is 1. The first kappa shape index (κ1) is 23.2. The molecule has 1 fully saturated rings. The van der Waals surface area contributed by atoms with Crippen LogP contribution in [0, 0.1) is 18.6 Å². The summed E-state index contributed by atoms with van der Waals surface area (Å²) < 4.78 is 32.0. The molecule has 0 aliphatic carbocycles. The Morgan fingerprint density at radius 1 is 1.00 bits per heavy atom. The Morgan fingerprint density at radius 2 is 1.76 bits per heavy atom. The zero-order valence-electron chi connectivity index (χ0n) is 19.0. The number of amides is 3. The van der Waals surface area contributed by atoms with Crippen LogP contribution in [0.3, 0.4) is 0 Å². The molecule has 0 atom stereocenters. The quantitative estimate of drug-likeness (QED) is 0.533. The summed E-state index contributed by atoms with van der Waals surface area (Å²) in [7, 11) is 1.56. The van der Waals surface area contributed by atoms with Crippen molar-refractivity contribution in [1.82, 2.24) is 4.90 Å². The molecule has 0 aromatic heterocycles. The standard InChI is InChI=1S/C26H25F2N3O3/c1-17-4-11-24(23(14-17)29-25(32)19-6-8-20(34-2)9-7-19)31-13-3-12-30(26(31)33)16-18-5-10-21(27)22(28)15-18/h4-11,14-15H,3,12-13,16H2,1-2H3,(H,29,32). The molecule has 1 heterocycles. The SMILES string of the molecule is COc1ccc(C(=O)Nc2cc(C)ccc2N2CCCN(Cc3ccc(F)c(F)c3)C2=O)cc1. The Morgan fingerprint density at radius 3 is 2.47 bits per heavy atom. The second-order valence-corrected chi connectivity index (χ2v) is 8.16. The van der Waals surface area contributed by atoms with E-state index >= 15 is 0 Å². The van der Waals surface area contributed by atoms with Crippen LogP contribution < -0.4 is 15.0 Å². The van der Waals surface area contributed by atoms with E-state index in [-0.39, 0.29) is 18.5 Å². The van der Waals surface area contributed by atoms with Crippen LogP contribution in [0.4, 0.5) is 25.0 Å². The number of urea groups is 1. The normalized spacial score (nSPS) is 13.7. The molecule has 3 aromatic carbocycles. The Labute approximate surface area is 196 Å². The van der Waals surface area contributed by atoms with Gasteiger partial charge < -0.3 is 15.0 Å². The number of nitrogens with zero attached hydrogens (tertiary/aromatic N) is 2. The summed E-state index contributed by atoms with van der Waals surface area (Å²) in [6.07, 6.45) is 0.690. The monoisotopic (exact) mass is 465 g/mol. The summed E-state index contributed by atoms with van der Waals surface area (Å²) in [4.78, 5) is 29.4. The summed E-state index contributed by atoms with van der Waals surface area (Å²) in [5.41, 5.74) is 2.98. The molecule has 34 heavy (non-hydrogen) atoms. The zero-order chi connectivity index (χ0) is 24.2. The maximum atomic E-state index is 13.6. The summed E-state index contributed by atoms with van der Waals surface area (Å²) in [6.45, 7) is 3.03. The van der Waals surface area contributed by atoms with Crippen molar-refractivity contribution >= 4 is 23.3 Å². The van der Waals surface area contributed by atoms with E-state index in [9.17, 15) is 18.4 Å². The van der Waals surface area contributed by atoms with Crippen molar-refractivity contribution in [1.29, 1.82) is 0 Å². The molecule has 1 aliphatic rings.